The summed E-state index contributed by atoms with van der Waals surface area (Å²) in [4.78, 5) is 0. The van der Waals surface area contributed by atoms with Crippen LogP contribution in [-0.2, 0) is 9.47 Å². The minimum absolute atomic E-state index is 0.252. The number of aliphatic hydroxyl groups is 1. The van der Waals surface area contributed by atoms with Crippen LogP contribution in [-0.4, -0.2) is 51.7 Å². The molecule has 4 heteroatoms. The van der Waals surface area contributed by atoms with Gasteiger partial charge in [0.2, 0.25) is 0 Å². The third kappa shape index (κ3) is 11.8. The molecule has 2 N–H and O–H groups in total. The first-order valence-corrected chi connectivity index (χ1v) is 4.82. The van der Waals surface area contributed by atoms with Crippen LogP contribution in [0.25, 0.3) is 0 Å². The molecule has 0 aromatic rings. The van der Waals surface area contributed by atoms with Gasteiger partial charge in [0, 0.05) is 19.8 Å². The van der Waals surface area contributed by atoms with E-state index in [1.165, 1.54) is 0 Å². The van der Waals surface area contributed by atoms with E-state index in [2.05, 4.69) is 5.32 Å². The van der Waals surface area contributed by atoms with Gasteiger partial charge in [-0.15, -0.1) is 0 Å². The summed E-state index contributed by atoms with van der Waals surface area (Å²) in [5.74, 6) is 0. The van der Waals surface area contributed by atoms with E-state index in [0.29, 0.717) is 13.2 Å². The topological polar surface area (TPSA) is 50.7 Å². The summed E-state index contributed by atoms with van der Waals surface area (Å²) in [6, 6.07) is 0. The Kier molecular flexibility index (Phi) is 11.7. The van der Waals surface area contributed by atoms with Gasteiger partial charge >= 0.3 is 0 Å². The molecule has 0 radical (unpaired) electrons. The van der Waals surface area contributed by atoms with Crippen LogP contribution in [0.5, 0.6) is 0 Å². The molecule has 4 nitrogen and oxygen atoms in total. The van der Waals surface area contributed by atoms with E-state index in [1.807, 2.05) is 7.05 Å². The maximum atomic E-state index is 8.48. The average molecular weight is 191 g/mol. The first kappa shape index (κ1) is 12.8. The smallest absolute Gasteiger partial charge is 0.0701 e. The summed E-state index contributed by atoms with van der Waals surface area (Å²) in [5.41, 5.74) is 0. The fourth-order valence-electron chi connectivity index (χ4n) is 0.812. The van der Waals surface area contributed by atoms with E-state index in [9.17, 15) is 0 Å². The zero-order chi connectivity index (χ0) is 9.78. The maximum Gasteiger partial charge on any atom is 0.0701 e. The summed E-state index contributed by atoms with van der Waals surface area (Å²) in [7, 11) is 1.90. The van der Waals surface area contributed by atoms with Gasteiger partial charge in [-0.2, -0.15) is 0 Å². The van der Waals surface area contributed by atoms with Crippen molar-refractivity contribution in [3.05, 3.63) is 0 Å². The van der Waals surface area contributed by atoms with Gasteiger partial charge in [-0.25, -0.2) is 0 Å². The lowest BCUT2D eigenvalue weighted by Crippen LogP contribution is -2.16. The first-order valence-electron chi connectivity index (χ1n) is 4.82. The Balaban J connectivity index is 2.76. The highest BCUT2D eigenvalue weighted by molar-refractivity contribution is 4.38. The molecule has 0 unspecified atom stereocenters. The molecule has 0 atom stereocenters. The number of likely N-dealkylation sites (N-methyl/N-ethyl adjacent to an activating group) is 1. The Labute approximate surface area is 80.2 Å². The van der Waals surface area contributed by atoms with Crippen LogP contribution in [0.1, 0.15) is 12.8 Å². The van der Waals surface area contributed by atoms with Crippen LogP contribution in [0.3, 0.4) is 0 Å². The number of nitrogens with one attached hydrogen (secondary N) is 1. The van der Waals surface area contributed by atoms with E-state index < -0.39 is 0 Å². The molecule has 0 aromatic carbocycles. The standard InChI is InChI=1S/C9H21NO3/c1-10-4-7-13-9-8-12-6-3-2-5-11/h10-11H,2-9H2,1H3. The van der Waals surface area contributed by atoms with Crippen molar-refractivity contribution in [1.82, 2.24) is 5.32 Å². The van der Waals surface area contributed by atoms with Gasteiger partial charge in [0.05, 0.1) is 19.8 Å². The number of hydrogen-bond donors (Lipinski definition) is 2. The van der Waals surface area contributed by atoms with Gasteiger partial charge in [-0.1, -0.05) is 0 Å². The highest BCUT2D eigenvalue weighted by Crippen LogP contribution is 1.88. The van der Waals surface area contributed by atoms with Crippen LogP contribution < -0.4 is 5.32 Å². The fraction of sp³-hybridized carbons (Fsp3) is 1.00. The van der Waals surface area contributed by atoms with Gasteiger partial charge in [0.15, 0.2) is 0 Å². The lowest BCUT2D eigenvalue weighted by molar-refractivity contribution is 0.0467. The predicted molar refractivity (Wildman–Crippen MR) is 51.9 cm³/mol. The lowest BCUT2D eigenvalue weighted by Gasteiger charge is -2.04. The summed E-state index contributed by atoms with van der Waals surface area (Å²) >= 11 is 0. The third-order valence-electron chi connectivity index (χ3n) is 1.57. The fourth-order valence-corrected chi connectivity index (χ4v) is 0.812. The molecule has 0 aliphatic heterocycles. The van der Waals surface area contributed by atoms with Crippen molar-refractivity contribution in [2.75, 3.05) is 46.6 Å². The Bertz CT molecular complexity index is 80.9. The van der Waals surface area contributed by atoms with Crippen molar-refractivity contribution < 1.29 is 14.6 Å². The quantitative estimate of drug-likeness (QED) is 0.478. The van der Waals surface area contributed by atoms with Gasteiger partial charge in [0.1, 0.15) is 0 Å². The van der Waals surface area contributed by atoms with E-state index >= 15 is 0 Å². The maximum absolute atomic E-state index is 8.48. The SMILES string of the molecule is CNCCOCCOCCCCO. The molecule has 0 saturated carbocycles. The largest absolute Gasteiger partial charge is 0.396 e. The third-order valence-corrected chi connectivity index (χ3v) is 1.57. The molecular formula is C9H21NO3. The van der Waals surface area contributed by atoms with Crippen LogP contribution in [0.4, 0.5) is 0 Å². The van der Waals surface area contributed by atoms with Crippen molar-refractivity contribution in [2.24, 2.45) is 0 Å². The zero-order valence-corrected chi connectivity index (χ0v) is 8.42. The Morgan fingerprint density at radius 1 is 1.00 bits per heavy atom. The van der Waals surface area contributed by atoms with Crippen molar-refractivity contribution in [1.29, 1.82) is 0 Å². The molecule has 0 bridgehead atoms. The minimum atomic E-state index is 0.252. The monoisotopic (exact) mass is 191 g/mol. The number of hydrogen-bond acceptors (Lipinski definition) is 4. The number of ether oxygens (including phenoxy) is 2. The number of rotatable bonds is 10. The molecule has 13 heavy (non-hydrogen) atoms. The molecule has 80 valence electrons. The number of aliphatic hydroxyl groups excluding tert-OH is 1. The van der Waals surface area contributed by atoms with Crippen LogP contribution in [0, 0.1) is 0 Å². The predicted octanol–water partition coefficient (Wildman–Crippen LogP) is 0.0115. The molecule has 0 aliphatic carbocycles. The van der Waals surface area contributed by atoms with Gasteiger partial charge in [-0.3, -0.25) is 0 Å². The average Bonchev–Trinajstić information content (AvgIpc) is 2.16. The molecule has 0 saturated heterocycles. The lowest BCUT2D eigenvalue weighted by atomic mass is 10.3. The molecule has 0 rings (SSSR count). The summed E-state index contributed by atoms with van der Waals surface area (Å²) in [5, 5.41) is 11.5. The summed E-state index contributed by atoms with van der Waals surface area (Å²) in [6.07, 6.45) is 1.74. The molecular weight excluding hydrogens is 170 g/mol. The van der Waals surface area contributed by atoms with Gasteiger partial charge in [0.25, 0.3) is 0 Å². The van der Waals surface area contributed by atoms with Crippen LogP contribution >= 0.6 is 0 Å². The highest BCUT2D eigenvalue weighted by Gasteiger charge is 1.89. The summed E-state index contributed by atoms with van der Waals surface area (Å²) in [6.45, 7) is 3.88. The Hall–Kier alpha value is -0.160. The van der Waals surface area contributed by atoms with E-state index in [-0.39, 0.29) is 6.61 Å². The first-order chi connectivity index (χ1) is 6.41. The molecule has 0 fully saturated rings. The normalized spacial score (nSPS) is 10.6. The van der Waals surface area contributed by atoms with Crippen molar-refractivity contribution >= 4 is 0 Å². The van der Waals surface area contributed by atoms with Gasteiger partial charge in [-0.05, 0) is 19.9 Å². The van der Waals surface area contributed by atoms with E-state index in [4.69, 9.17) is 14.6 Å². The highest BCUT2D eigenvalue weighted by atomic mass is 16.5. The number of unbranched alkanes of at least 4 members (excludes halogenated alkanes) is 1. The molecule has 0 heterocycles. The van der Waals surface area contributed by atoms with Gasteiger partial charge < -0.3 is 19.9 Å². The van der Waals surface area contributed by atoms with Crippen LogP contribution in [0.2, 0.25) is 0 Å². The van der Waals surface area contributed by atoms with Crippen molar-refractivity contribution in [2.45, 2.75) is 12.8 Å². The van der Waals surface area contributed by atoms with E-state index in [0.717, 1.165) is 32.6 Å². The zero-order valence-electron chi connectivity index (χ0n) is 8.42. The molecule has 0 amide bonds. The van der Waals surface area contributed by atoms with E-state index in [1.54, 1.807) is 0 Å². The molecule has 0 aliphatic rings. The van der Waals surface area contributed by atoms with Crippen molar-refractivity contribution in [3.63, 3.8) is 0 Å². The Morgan fingerprint density at radius 3 is 2.31 bits per heavy atom. The summed E-state index contributed by atoms with van der Waals surface area (Å²) < 4.78 is 10.5. The molecule has 0 spiro atoms. The minimum Gasteiger partial charge on any atom is -0.396 e. The van der Waals surface area contributed by atoms with Crippen molar-refractivity contribution in [3.8, 4) is 0 Å². The Morgan fingerprint density at radius 2 is 1.69 bits per heavy atom. The van der Waals surface area contributed by atoms with Crippen LogP contribution in [0.15, 0.2) is 0 Å². The molecule has 0 aromatic heterocycles. The second-order valence-electron chi connectivity index (χ2n) is 2.76. The second-order valence-corrected chi connectivity index (χ2v) is 2.76. The second kappa shape index (κ2) is 11.8.